The van der Waals surface area contributed by atoms with Crippen molar-refractivity contribution in [2.75, 3.05) is 72.7 Å². The summed E-state index contributed by atoms with van der Waals surface area (Å²) in [4.78, 5) is 20.5. The van der Waals surface area contributed by atoms with Crippen LogP contribution in [0.15, 0.2) is 36.7 Å². The summed E-state index contributed by atoms with van der Waals surface area (Å²) in [6.45, 7) is 18.7. The monoisotopic (exact) mass is 1210 g/mol. The number of benzene rings is 1. The summed E-state index contributed by atoms with van der Waals surface area (Å²) in [6.07, 6.45) is -6.58. The van der Waals surface area contributed by atoms with Gasteiger partial charge in [0.2, 0.25) is 0 Å². The minimum absolute atomic E-state index is 0.0711. The zero-order valence-electron chi connectivity index (χ0n) is 51.6. The molecular weight excluding hydrogens is 1110 g/mol. The second kappa shape index (κ2) is 28.2. The van der Waals surface area contributed by atoms with Crippen LogP contribution in [0.25, 0.3) is 5.69 Å². The number of carbonyl (C=O) groups is 1. The van der Waals surface area contributed by atoms with E-state index < -0.39 is 137 Å². The highest BCUT2D eigenvalue weighted by molar-refractivity contribution is 7.91. The predicted octanol–water partition coefficient (Wildman–Crippen LogP) is 2.81. The largest absolute Gasteiger partial charge is 0.459 e. The predicted molar refractivity (Wildman–Crippen MR) is 307 cm³/mol. The Morgan fingerprint density at radius 1 is 0.905 bits per heavy atom. The molecule has 476 valence electrons. The lowest BCUT2D eigenvalue weighted by atomic mass is 9.77. The number of carbonyl (C=O) groups excluding carboxylic acids is 1. The minimum Gasteiger partial charge on any atom is -0.459 e. The highest BCUT2D eigenvalue weighted by atomic mass is 32.2. The molecule has 0 aliphatic carbocycles. The summed E-state index contributed by atoms with van der Waals surface area (Å²) < 4.78 is 86.3. The van der Waals surface area contributed by atoms with E-state index in [0.29, 0.717) is 62.5 Å². The summed E-state index contributed by atoms with van der Waals surface area (Å²) in [7, 11) is 3.69. The molecule has 4 fully saturated rings. The van der Waals surface area contributed by atoms with Gasteiger partial charge in [0.15, 0.2) is 22.4 Å². The lowest BCUT2D eigenvalue weighted by molar-refractivity contribution is -0.318. The van der Waals surface area contributed by atoms with Crippen molar-refractivity contribution in [3.05, 3.63) is 53.6 Å². The standard InChI is InChI=1S/C58H96FN9O15S/c1-15-46-58(10,74)51(70)38(6)65(12)30-34(2)27-56(8,73)53(36(4)49(37(5)54(72)81-46)82-47-28-57(9,78-14)52(71)39(7)80-47)83-55-48(69)44(26-35(3)79-55)64(11)21-20-41-32-68(63-60-41)45(29-59)50(77-13)40-16-18-43(19-17-40)67-33-42(61-62-67)31-66-22-24-84(75,76)25-23-66/h16-19,32-39,44-53,55,69-71,73-74H,15,20-31H2,1-14H3/t34-,35-,36+,37-,38-,39+,44+,45-,46-,47+,48-,49+,50-,51-,52+,53-,55+,56-,57-,58-/m1/s1. The second-order valence-corrected chi connectivity index (χ2v) is 27.5. The molecule has 1 aromatic carbocycles. The number of methoxy groups -OCH3 is 2. The molecule has 7 rings (SSSR count). The number of alkyl halides is 1. The van der Waals surface area contributed by atoms with Crippen LogP contribution in [-0.2, 0) is 60.8 Å². The molecule has 4 aliphatic heterocycles. The van der Waals surface area contributed by atoms with Gasteiger partial charge >= 0.3 is 5.97 Å². The summed E-state index contributed by atoms with van der Waals surface area (Å²) in [5.74, 6) is -2.70. The van der Waals surface area contributed by atoms with E-state index >= 15 is 4.39 Å². The number of cyclic esters (lactones) is 1. The number of rotatable bonds is 18. The molecule has 84 heavy (non-hydrogen) atoms. The Kier molecular flexibility index (Phi) is 22.8. The number of halogens is 1. The number of likely N-dealkylation sites (N-methyl/N-ethyl adjacent to an activating group) is 2. The molecule has 26 heteroatoms. The van der Waals surface area contributed by atoms with Gasteiger partial charge in [-0.1, -0.05) is 43.3 Å². The van der Waals surface area contributed by atoms with Crippen LogP contribution in [-0.4, -0.2) is 248 Å². The molecule has 24 nitrogen and oxygen atoms in total. The molecule has 0 spiro atoms. The van der Waals surface area contributed by atoms with E-state index in [9.17, 15) is 38.7 Å². The highest BCUT2D eigenvalue weighted by Gasteiger charge is 2.53. The Morgan fingerprint density at radius 2 is 1.57 bits per heavy atom. The first-order valence-corrected chi connectivity index (χ1v) is 31.5. The number of aliphatic hydroxyl groups excluding tert-OH is 3. The summed E-state index contributed by atoms with van der Waals surface area (Å²) in [5.41, 5.74) is -1.94. The van der Waals surface area contributed by atoms with Crippen molar-refractivity contribution >= 4 is 15.8 Å². The van der Waals surface area contributed by atoms with Crippen molar-refractivity contribution in [1.29, 1.82) is 0 Å². The number of aliphatic hydroxyl groups is 5. The molecule has 0 radical (unpaired) electrons. The van der Waals surface area contributed by atoms with Gasteiger partial charge in [-0.2, -0.15) is 0 Å². The summed E-state index contributed by atoms with van der Waals surface area (Å²) in [6, 6.07) is 5.35. The normalized spacial score (nSPS) is 38.0. The molecule has 0 bridgehead atoms. The molecule has 0 unspecified atom stereocenters. The molecule has 0 saturated carbocycles. The van der Waals surface area contributed by atoms with Gasteiger partial charge in [-0.3, -0.25) is 9.69 Å². The van der Waals surface area contributed by atoms with Crippen LogP contribution in [0.1, 0.15) is 124 Å². The quantitative estimate of drug-likeness (QED) is 0.114. The Labute approximate surface area is 495 Å². The average molecular weight is 1210 g/mol. The van der Waals surface area contributed by atoms with Gasteiger partial charge in [0, 0.05) is 84.0 Å². The van der Waals surface area contributed by atoms with Gasteiger partial charge in [-0.15, -0.1) is 10.2 Å². The first-order valence-electron chi connectivity index (χ1n) is 29.7. The maximum atomic E-state index is 15.1. The van der Waals surface area contributed by atoms with E-state index in [1.807, 2.05) is 66.9 Å². The Balaban J connectivity index is 1.08. The minimum atomic E-state index is -3.00. The molecule has 5 N–H and O–H groups in total. The van der Waals surface area contributed by atoms with Crippen molar-refractivity contribution in [3.8, 4) is 5.69 Å². The van der Waals surface area contributed by atoms with Gasteiger partial charge in [0.1, 0.15) is 48.8 Å². The average Bonchev–Trinajstić information content (AvgIpc) is 3.37. The van der Waals surface area contributed by atoms with E-state index in [1.165, 1.54) is 25.8 Å². The number of hydrogen-bond acceptors (Lipinski definition) is 22. The van der Waals surface area contributed by atoms with Crippen molar-refractivity contribution < 1.29 is 76.3 Å². The summed E-state index contributed by atoms with van der Waals surface area (Å²) >= 11 is 0. The maximum absolute atomic E-state index is 15.1. The van der Waals surface area contributed by atoms with Gasteiger partial charge < -0.3 is 68.5 Å². The lowest BCUT2D eigenvalue weighted by Crippen LogP contribution is -2.61. The SMILES string of the molecule is CC[C@H]1OC(=O)[C@H](C)[C@@H](O[C@H]2C[C@@](C)(OC)[C@@H](O)[C@H](C)O2)[C@H](C)[C@@H](O[C@@H]2O[C@H](C)C[C@H](N(C)CCc3cn([C@H](CF)[C@H](OC)c4ccc(-n5cc(CN6CCS(=O)(=O)CC6)nn5)cc4)nn3)[C@H]2O)[C@](C)(O)C[C@@H](C)CN(C)[C@H](C)[C@@H](O)[C@]1(C)O. The van der Waals surface area contributed by atoms with Crippen LogP contribution >= 0.6 is 0 Å². The fraction of sp³-hybridized carbons (Fsp3) is 0.810. The van der Waals surface area contributed by atoms with E-state index in [-0.39, 0.29) is 36.7 Å². The van der Waals surface area contributed by atoms with Gasteiger partial charge in [0.25, 0.3) is 0 Å². The zero-order chi connectivity index (χ0) is 61.8. The maximum Gasteiger partial charge on any atom is 0.311 e. The van der Waals surface area contributed by atoms with E-state index in [4.69, 9.17) is 33.2 Å². The van der Waals surface area contributed by atoms with Gasteiger partial charge in [-0.25, -0.2) is 22.2 Å². The Bertz CT molecular complexity index is 2680. The fourth-order valence-electron chi connectivity index (χ4n) is 13.0. The molecule has 4 saturated heterocycles. The van der Waals surface area contributed by atoms with Gasteiger partial charge in [0.05, 0.1) is 76.3 Å². The second-order valence-electron chi connectivity index (χ2n) is 25.2. The molecule has 0 amide bonds. The number of esters is 1. The van der Waals surface area contributed by atoms with Crippen LogP contribution in [0.5, 0.6) is 0 Å². The fourth-order valence-corrected chi connectivity index (χ4v) is 14.2. The molecule has 20 atom stereocenters. The van der Waals surface area contributed by atoms with E-state index in [0.717, 1.165) is 5.69 Å². The Hall–Kier alpha value is -3.71. The first kappa shape index (κ1) is 67.8. The van der Waals surface area contributed by atoms with E-state index in [2.05, 4.69) is 20.6 Å². The zero-order valence-corrected chi connectivity index (χ0v) is 52.4. The number of ether oxygens (including phenoxy) is 7. The van der Waals surface area contributed by atoms with Crippen LogP contribution < -0.4 is 0 Å². The first-order chi connectivity index (χ1) is 39.5. The molecular formula is C58H96FN9O15S. The van der Waals surface area contributed by atoms with Crippen molar-refractivity contribution in [3.63, 3.8) is 0 Å². The molecule has 4 aliphatic rings. The number of nitrogens with zero attached hydrogens (tertiary/aromatic N) is 9. The molecule has 3 aromatic rings. The molecule has 2 aromatic heterocycles. The third kappa shape index (κ3) is 15.8. The Morgan fingerprint density at radius 3 is 2.20 bits per heavy atom. The lowest BCUT2D eigenvalue weighted by Gasteiger charge is -2.49. The number of hydrogen-bond donors (Lipinski definition) is 5. The third-order valence-electron chi connectivity index (χ3n) is 18.3. The van der Waals surface area contributed by atoms with Crippen molar-refractivity contribution in [2.45, 2.75) is 210 Å². The topological polar surface area (TPSA) is 288 Å². The number of sulfone groups is 1. The van der Waals surface area contributed by atoms with Crippen LogP contribution in [0, 0.1) is 17.8 Å². The van der Waals surface area contributed by atoms with Crippen LogP contribution in [0.2, 0.25) is 0 Å². The third-order valence-corrected chi connectivity index (χ3v) is 19.9. The van der Waals surface area contributed by atoms with Crippen LogP contribution in [0.4, 0.5) is 4.39 Å². The highest BCUT2D eigenvalue weighted by Crippen LogP contribution is 2.41. The van der Waals surface area contributed by atoms with Gasteiger partial charge in [-0.05, 0) is 105 Å². The van der Waals surface area contributed by atoms with E-state index in [1.54, 1.807) is 65.5 Å². The summed E-state index contributed by atoms with van der Waals surface area (Å²) in [5, 5.41) is 77.4. The molecule has 6 heterocycles. The van der Waals surface area contributed by atoms with Crippen LogP contribution in [0.3, 0.4) is 0 Å². The van der Waals surface area contributed by atoms with Crippen molar-refractivity contribution in [1.82, 2.24) is 44.7 Å². The smallest absolute Gasteiger partial charge is 0.311 e. The van der Waals surface area contributed by atoms with Crippen molar-refractivity contribution in [2.24, 2.45) is 17.8 Å². The number of aromatic nitrogens is 6.